The summed E-state index contributed by atoms with van der Waals surface area (Å²) in [5.74, 6) is 1.08. The number of amides is 1. The molecule has 140 valence electrons. The molecule has 6 nitrogen and oxygen atoms in total. The summed E-state index contributed by atoms with van der Waals surface area (Å²) >= 11 is 0. The number of aryl methyl sites for hydroxylation is 2. The van der Waals surface area contributed by atoms with Gasteiger partial charge in [-0.15, -0.1) is 0 Å². The third kappa shape index (κ3) is 6.32. The highest BCUT2D eigenvalue weighted by molar-refractivity contribution is 7.89. The quantitative estimate of drug-likeness (QED) is 0.677. The fourth-order valence-electron chi connectivity index (χ4n) is 2.78. The highest BCUT2D eigenvalue weighted by Gasteiger charge is 2.27. The third-order valence-corrected chi connectivity index (χ3v) is 6.24. The minimum Gasteiger partial charge on any atom is -0.493 e. The Bertz CT molecular complexity index is 688. The Morgan fingerprint density at radius 3 is 2.80 bits per heavy atom. The van der Waals surface area contributed by atoms with Crippen LogP contribution in [0.5, 0.6) is 5.75 Å². The summed E-state index contributed by atoms with van der Waals surface area (Å²) in [4.78, 5) is 11.8. The Kier molecular flexibility index (Phi) is 7.25. The van der Waals surface area contributed by atoms with E-state index in [0.717, 1.165) is 24.2 Å². The average Bonchev–Trinajstić information content (AvgIpc) is 2.89. The van der Waals surface area contributed by atoms with Crippen LogP contribution in [0.2, 0.25) is 0 Å². The van der Waals surface area contributed by atoms with Gasteiger partial charge < -0.3 is 10.1 Å². The van der Waals surface area contributed by atoms with E-state index in [1.54, 1.807) is 0 Å². The summed E-state index contributed by atoms with van der Waals surface area (Å²) in [5, 5.41) is 2.79. The Balaban J connectivity index is 1.56. The number of sulfonamides is 1. The summed E-state index contributed by atoms with van der Waals surface area (Å²) in [6.07, 6.45) is 2.67. The summed E-state index contributed by atoms with van der Waals surface area (Å²) in [6.45, 7) is 5.94. The molecule has 0 bridgehead atoms. The maximum atomic E-state index is 11.8. The lowest BCUT2D eigenvalue weighted by molar-refractivity contribution is -0.121. The summed E-state index contributed by atoms with van der Waals surface area (Å²) in [5.41, 5.74) is 2.28. The van der Waals surface area contributed by atoms with Gasteiger partial charge in [-0.1, -0.05) is 12.1 Å². The lowest BCUT2D eigenvalue weighted by atomic mass is 10.1. The van der Waals surface area contributed by atoms with E-state index in [-0.39, 0.29) is 11.7 Å². The van der Waals surface area contributed by atoms with Crippen LogP contribution in [-0.4, -0.2) is 50.6 Å². The monoisotopic (exact) mass is 368 g/mol. The van der Waals surface area contributed by atoms with Gasteiger partial charge in [-0.05, 0) is 50.3 Å². The van der Waals surface area contributed by atoms with Crippen LogP contribution in [-0.2, 0) is 14.8 Å². The summed E-state index contributed by atoms with van der Waals surface area (Å²) in [6, 6.07) is 6.12. The third-order valence-electron chi connectivity index (χ3n) is 4.29. The highest BCUT2D eigenvalue weighted by Crippen LogP contribution is 2.19. The molecule has 1 aromatic rings. The minimum atomic E-state index is -3.08. The van der Waals surface area contributed by atoms with Crippen LogP contribution < -0.4 is 10.1 Å². The van der Waals surface area contributed by atoms with Crippen molar-refractivity contribution in [3.63, 3.8) is 0 Å². The predicted molar refractivity (Wildman–Crippen MR) is 98.2 cm³/mol. The second-order valence-corrected chi connectivity index (χ2v) is 8.58. The molecule has 7 heteroatoms. The first-order valence-corrected chi connectivity index (χ1v) is 10.4. The molecule has 0 radical (unpaired) electrons. The second-order valence-electron chi connectivity index (χ2n) is 6.49. The van der Waals surface area contributed by atoms with Crippen molar-refractivity contribution < 1.29 is 17.9 Å². The van der Waals surface area contributed by atoms with E-state index in [1.165, 1.54) is 9.87 Å². The molecular formula is C18H28N2O4S. The van der Waals surface area contributed by atoms with Gasteiger partial charge in [0.15, 0.2) is 0 Å². The van der Waals surface area contributed by atoms with Gasteiger partial charge in [0.2, 0.25) is 15.9 Å². The lowest BCUT2D eigenvalue weighted by Gasteiger charge is -2.14. The van der Waals surface area contributed by atoms with Crippen LogP contribution in [0.15, 0.2) is 18.2 Å². The van der Waals surface area contributed by atoms with E-state index < -0.39 is 10.0 Å². The van der Waals surface area contributed by atoms with Gasteiger partial charge >= 0.3 is 0 Å². The highest BCUT2D eigenvalue weighted by atomic mass is 32.2. The minimum absolute atomic E-state index is 0.0386. The van der Waals surface area contributed by atoms with Crippen molar-refractivity contribution in [3.8, 4) is 5.75 Å². The Labute approximate surface area is 150 Å². The number of hydrogen-bond donors (Lipinski definition) is 1. The summed E-state index contributed by atoms with van der Waals surface area (Å²) < 4.78 is 30.5. The van der Waals surface area contributed by atoms with Gasteiger partial charge in [0.1, 0.15) is 5.75 Å². The lowest BCUT2D eigenvalue weighted by Crippen LogP contribution is -2.35. The number of benzene rings is 1. The molecule has 0 saturated carbocycles. The zero-order chi connectivity index (χ0) is 18.3. The SMILES string of the molecule is Cc1ccc(C)c(OCCCCC(=O)NCCN2CCCS2(=O)=O)c1. The van der Waals surface area contributed by atoms with E-state index in [2.05, 4.69) is 11.4 Å². The number of carbonyl (C=O) groups excluding carboxylic acids is 1. The van der Waals surface area contributed by atoms with E-state index in [9.17, 15) is 13.2 Å². The zero-order valence-corrected chi connectivity index (χ0v) is 15.9. The van der Waals surface area contributed by atoms with Crippen molar-refractivity contribution in [1.82, 2.24) is 9.62 Å². The standard InChI is InChI=1S/C18H28N2O4S/c1-15-7-8-16(2)17(14-15)24-12-4-3-6-18(21)19-9-11-20-10-5-13-25(20,22)23/h7-8,14H,3-6,9-13H2,1-2H3,(H,19,21). The number of rotatable bonds is 9. The van der Waals surface area contributed by atoms with Gasteiger partial charge in [-0.3, -0.25) is 4.79 Å². The molecule has 0 spiro atoms. The topological polar surface area (TPSA) is 75.7 Å². The van der Waals surface area contributed by atoms with Crippen molar-refractivity contribution in [2.45, 2.75) is 39.5 Å². The van der Waals surface area contributed by atoms with E-state index in [0.29, 0.717) is 39.1 Å². The molecule has 1 aliphatic rings. The van der Waals surface area contributed by atoms with Gasteiger partial charge in [0, 0.05) is 26.1 Å². The molecule has 1 fully saturated rings. The van der Waals surface area contributed by atoms with Gasteiger partial charge in [-0.25, -0.2) is 12.7 Å². The van der Waals surface area contributed by atoms with Gasteiger partial charge in [0.25, 0.3) is 0 Å². The molecule has 1 aromatic carbocycles. The first kappa shape index (κ1) is 19.7. The maximum absolute atomic E-state index is 11.8. The molecule has 1 saturated heterocycles. The number of carbonyl (C=O) groups is 1. The van der Waals surface area contributed by atoms with Crippen LogP contribution >= 0.6 is 0 Å². The van der Waals surface area contributed by atoms with Crippen molar-refractivity contribution >= 4 is 15.9 Å². The molecule has 1 aliphatic heterocycles. The molecule has 0 atom stereocenters. The van der Waals surface area contributed by atoms with Crippen molar-refractivity contribution in [3.05, 3.63) is 29.3 Å². The first-order chi connectivity index (χ1) is 11.9. The number of unbranched alkanes of at least 4 members (excludes halogenated alkanes) is 1. The number of hydrogen-bond acceptors (Lipinski definition) is 4. The molecule has 0 unspecified atom stereocenters. The molecule has 0 aromatic heterocycles. The first-order valence-electron chi connectivity index (χ1n) is 8.83. The molecule has 1 heterocycles. The Morgan fingerprint density at radius 2 is 2.08 bits per heavy atom. The fourth-order valence-corrected chi connectivity index (χ4v) is 4.31. The zero-order valence-electron chi connectivity index (χ0n) is 15.1. The maximum Gasteiger partial charge on any atom is 0.220 e. The fraction of sp³-hybridized carbons (Fsp3) is 0.611. The summed E-state index contributed by atoms with van der Waals surface area (Å²) in [7, 11) is -3.08. The molecule has 0 aliphatic carbocycles. The van der Waals surface area contributed by atoms with Gasteiger partial charge in [-0.2, -0.15) is 0 Å². The molecule has 2 rings (SSSR count). The van der Waals surface area contributed by atoms with Crippen LogP contribution in [0.4, 0.5) is 0 Å². The van der Waals surface area contributed by atoms with Crippen LogP contribution in [0, 0.1) is 13.8 Å². The number of nitrogens with zero attached hydrogens (tertiary/aromatic N) is 1. The predicted octanol–water partition coefficient (Wildman–Crippen LogP) is 2.00. The van der Waals surface area contributed by atoms with Crippen molar-refractivity contribution in [2.24, 2.45) is 0 Å². The molecular weight excluding hydrogens is 340 g/mol. The Hall–Kier alpha value is -1.60. The average molecular weight is 368 g/mol. The molecule has 1 N–H and O–H groups in total. The van der Waals surface area contributed by atoms with Crippen LogP contribution in [0.3, 0.4) is 0 Å². The van der Waals surface area contributed by atoms with E-state index in [4.69, 9.17) is 4.74 Å². The van der Waals surface area contributed by atoms with Gasteiger partial charge in [0.05, 0.1) is 12.4 Å². The van der Waals surface area contributed by atoms with Crippen molar-refractivity contribution in [1.29, 1.82) is 0 Å². The normalized spacial score (nSPS) is 16.7. The second kappa shape index (κ2) is 9.20. The largest absolute Gasteiger partial charge is 0.493 e. The smallest absolute Gasteiger partial charge is 0.220 e. The number of ether oxygens (including phenoxy) is 1. The number of nitrogens with one attached hydrogen (secondary N) is 1. The molecule has 25 heavy (non-hydrogen) atoms. The van der Waals surface area contributed by atoms with Crippen LogP contribution in [0.1, 0.15) is 36.8 Å². The molecule has 1 amide bonds. The van der Waals surface area contributed by atoms with E-state index >= 15 is 0 Å². The van der Waals surface area contributed by atoms with Crippen molar-refractivity contribution in [2.75, 3.05) is 32.0 Å². The Morgan fingerprint density at radius 1 is 1.28 bits per heavy atom. The van der Waals surface area contributed by atoms with E-state index in [1.807, 2.05) is 26.0 Å². The van der Waals surface area contributed by atoms with Crippen LogP contribution in [0.25, 0.3) is 0 Å².